The van der Waals surface area contributed by atoms with Gasteiger partial charge in [-0.1, -0.05) is 18.2 Å². The summed E-state index contributed by atoms with van der Waals surface area (Å²) in [4.78, 5) is 2.37. The van der Waals surface area contributed by atoms with Crippen LogP contribution in [0.25, 0.3) is 0 Å². The van der Waals surface area contributed by atoms with Gasteiger partial charge in [-0.2, -0.15) is 11.8 Å². The van der Waals surface area contributed by atoms with Gasteiger partial charge < -0.3 is 10.2 Å². The van der Waals surface area contributed by atoms with Crippen molar-refractivity contribution in [2.45, 2.75) is 19.4 Å². The van der Waals surface area contributed by atoms with E-state index in [0.29, 0.717) is 6.04 Å². The second-order valence-electron chi connectivity index (χ2n) is 4.72. The fourth-order valence-corrected chi connectivity index (χ4v) is 3.26. The van der Waals surface area contributed by atoms with E-state index in [2.05, 4.69) is 60.2 Å². The summed E-state index contributed by atoms with van der Waals surface area (Å²) in [6, 6.07) is 9.30. The molecule has 1 aromatic rings. The summed E-state index contributed by atoms with van der Waals surface area (Å²) in [5.74, 6) is 2.53. The quantitative estimate of drug-likeness (QED) is 0.884. The molecular formula is C14H22N2S. The first kappa shape index (κ1) is 12.8. The van der Waals surface area contributed by atoms with Crippen molar-refractivity contribution in [3.8, 4) is 0 Å². The lowest BCUT2D eigenvalue weighted by molar-refractivity contribution is 0.530. The first-order valence-electron chi connectivity index (χ1n) is 6.35. The number of hydrogen-bond acceptors (Lipinski definition) is 3. The molecule has 0 saturated carbocycles. The van der Waals surface area contributed by atoms with E-state index in [9.17, 15) is 0 Å². The van der Waals surface area contributed by atoms with Crippen molar-refractivity contribution in [1.82, 2.24) is 5.32 Å². The van der Waals surface area contributed by atoms with Crippen LogP contribution in [0.1, 0.15) is 12.0 Å². The number of hydrogen-bond donors (Lipinski definition) is 1. The SMILES string of the molecule is Cc1ccccc1N(C)CCC1CSCCN1. The molecule has 1 unspecified atom stereocenters. The molecule has 1 saturated heterocycles. The maximum Gasteiger partial charge on any atom is 0.0393 e. The van der Waals surface area contributed by atoms with Gasteiger partial charge in [-0.05, 0) is 25.0 Å². The molecule has 0 aliphatic carbocycles. The lowest BCUT2D eigenvalue weighted by atomic mass is 10.1. The fourth-order valence-electron chi connectivity index (χ4n) is 2.27. The third kappa shape index (κ3) is 3.65. The summed E-state index contributed by atoms with van der Waals surface area (Å²) in [6.07, 6.45) is 1.23. The van der Waals surface area contributed by atoms with Gasteiger partial charge in [-0.15, -0.1) is 0 Å². The van der Waals surface area contributed by atoms with Crippen LogP contribution in [-0.2, 0) is 0 Å². The molecule has 0 spiro atoms. The van der Waals surface area contributed by atoms with Gasteiger partial charge in [-0.25, -0.2) is 0 Å². The molecule has 1 aromatic carbocycles. The zero-order valence-corrected chi connectivity index (χ0v) is 11.6. The van der Waals surface area contributed by atoms with E-state index in [-0.39, 0.29) is 0 Å². The highest BCUT2D eigenvalue weighted by molar-refractivity contribution is 7.99. The van der Waals surface area contributed by atoms with Crippen molar-refractivity contribution in [1.29, 1.82) is 0 Å². The summed E-state index contributed by atoms with van der Waals surface area (Å²) in [5.41, 5.74) is 2.72. The van der Waals surface area contributed by atoms with Crippen LogP contribution >= 0.6 is 11.8 Å². The van der Waals surface area contributed by atoms with Gasteiger partial charge in [-0.3, -0.25) is 0 Å². The lowest BCUT2D eigenvalue weighted by Gasteiger charge is -2.27. The molecule has 1 atom stereocenters. The molecule has 1 aliphatic rings. The highest BCUT2D eigenvalue weighted by Gasteiger charge is 2.13. The lowest BCUT2D eigenvalue weighted by Crippen LogP contribution is -2.39. The maximum absolute atomic E-state index is 3.59. The molecule has 0 radical (unpaired) electrons. The van der Waals surface area contributed by atoms with Crippen molar-refractivity contribution >= 4 is 17.4 Å². The predicted octanol–water partition coefficient (Wildman–Crippen LogP) is 2.53. The maximum atomic E-state index is 3.59. The van der Waals surface area contributed by atoms with Crippen molar-refractivity contribution < 1.29 is 0 Å². The Morgan fingerprint density at radius 2 is 2.24 bits per heavy atom. The number of rotatable bonds is 4. The summed E-state index contributed by atoms with van der Waals surface area (Å²) >= 11 is 2.07. The number of anilines is 1. The van der Waals surface area contributed by atoms with E-state index in [1.807, 2.05) is 0 Å². The molecule has 2 nitrogen and oxygen atoms in total. The van der Waals surface area contributed by atoms with Gasteiger partial charge in [0.25, 0.3) is 0 Å². The second-order valence-corrected chi connectivity index (χ2v) is 5.87. The summed E-state index contributed by atoms with van der Waals surface area (Å²) < 4.78 is 0. The molecule has 94 valence electrons. The second kappa shape index (κ2) is 6.31. The highest BCUT2D eigenvalue weighted by Crippen LogP contribution is 2.19. The molecule has 1 fully saturated rings. The molecule has 0 amide bonds. The Balaban J connectivity index is 1.84. The minimum Gasteiger partial charge on any atom is -0.374 e. The largest absolute Gasteiger partial charge is 0.374 e. The number of nitrogens with one attached hydrogen (secondary N) is 1. The van der Waals surface area contributed by atoms with Crippen molar-refractivity contribution in [3.63, 3.8) is 0 Å². The average Bonchev–Trinajstić information content (AvgIpc) is 2.38. The number of para-hydroxylation sites is 1. The number of benzene rings is 1. The number of aryl methyl sites for hydroxylation is 1. The molecule has 0 aromatic heterocycles. The van der Waals surface area contributed by atoms with Crippen LogP contribution in [0.5, 0.6) is 0 Å². The average molecular weight is 250 g/mol. The molecule has 1 aliphatic heterocycles. The summed E-state index contributed by atoms with van der Waals surface area (Å²) in [7, 11) is 2.19. The molecule has 0 bridgehead atoms. The normalized spacial score (nSPS) is 20.2. The fraction of sp³-hybridized carbons (Fsp3) is 0.571. The first-order valence-corrected chi connectivity index (χ1v) is 7.51. The summed E-state index contributed by atoms with van der Waals surface area (Å²) in [6.45, 7) is 4.48. The predicted molar refractivity (Wildman–Crippen MR) is 78.2 cm³/mol. The molecule has 1 N–H and O–H groups in total. The minimum atomic E-state index is 0.695. The Morgan fingerprint density at radius 1 is 1.41 bits per heavy atom. The molecule has 2 rings (SSSR count). The van der Waals surface area contributed by atoms with E-state index in [1.165, 1.54) is 35.7 Å². The standard InChI is InChI=1S/C14H22N2S/c1-12-5-3-4-6-14(12)16(2)9-7-13-11-17-10-8-15-13/h3-6,13,15H,7-11H2,1-2H3. The van der Waals surface area contributed by atoms with Gasteiger partial charge in [0.2, 0.25) is 0 Å². The molecular weight excluding hydrogens is 228 g/mol. The van der Waals surface area contributed by atoms with Crippen LogP contribution in [0.3, 0.4) is 0 Å². The minimum absolute atomic E-state index is 0.695. The van der Waals surface area contributed by atoms with Crippen molar-refractivity contribution in [2.24, 2.45) is 0 Å². The zero-order valence-electron chi connectivity index (χ0n) is 10.8. The third-order valence-electron chi connectivity index (χ3n) is 3.34. The Bertz CT molecular complexity index is 348. The zero-order chi connectivity index (χ0) is 12.1. The number of nitrogens with zero attached hydrogens (tertiary/aromatic N) is 1. The van der Waals surface area contributed by atoms with Gasteiger partial charge in [0.05, 0.1) is 0 Å². The van der Waals surface area contributed by atoms with E-state index < -0.39 is 0 Å². The van der Waals surface area contributed by atoms with Crippen molar-refractivity contribution in [2.75, 3.05) is 36.5 Å². The van der Waals surface area contributed by atoms with Gasteiger partial charge in [0.15, 0.2) is 0 Å². The molecule has 1 heterocycles. The third-order valence-corrected chi connectivity index (χ3v) is 4.47. The summed E-state index contributed by atoms with van der Waals surface area (Å²) in [5, 5.41) is 3.59. The van der Waals surface area contributed by atoms with Gasteiger partial charge in [0.1, 0.15) is 0 Å². The van der Waals surface area contributed by atoms with Crippen LogP contribution in [0.2, 0.25) is 0 Å². The molecule has 17 heavy (non-hydrogen) atoms. The Labute approximate surface area is 109 Å². The topological polar surface area (TPSA) is 15.3 Å². The Hall–Kier alpha value is -0.670. The van der Waals surface area contributed by atoms with Crippen LogP contribution in [-0.4, -0.2) is 37.7 Å². The van der Waals surface area contributed by atoms with E-state index in [4.69, 9.17) is 0 Å². The molecule has 3 heteroatoms. The number of thioether (sulfide) groups is 1. The Morgan fingerprint density at radius 3 is 2.94 bits per heavy atom. The van der Waals surface area contributed by atoms with E-state index in [1.54, 1.807) is 0 Å². The Kier molecular flexibility index (Phi) is 4.75. The van der Waals surface area contributed by atoms with Crippen molar-refractivity contribution in [3.05, 3.63) is 29.8 Å². The van der Waals surface area contributed by atoms with Crippen LogP contribution in [0.4, 0.5) is 5.69 Å². The monoisotopic (exact) mass is 250 g/mol. The van der Waals surface area contributed by atoms with E-state index in [0.717, 1.165) is 6.54 Å². The first-order chi connectivity index (χ1) is 8.27. The highest BCUT2D eigenvalue weighted by atomic mass is 32.2. The van der Waals surface area contributed by atoms with Crippen LogP contribution in [0.15, 0.2) is 24.3 Å². The van der Waals surface area contributed by atoms with Gasteiger partial charge >= 0.3 is 0 Å². The van der Waals surface area contributed by atoms with Crippen LogP contribution < -0.4 is 10.2 Å². The van der Waals surface area contributed by atoms with Crippen LogP contribution in [0, 0.1) is 6.92 Å². The smallest absolute Gasteiger partial charge is 0.0393 e. The van der Waals surface area contributed by atoms with E-state index >= 15 is 0 Å². The van der Waals surface area contributed by atoms with Gasteiger partial charge in [0, 0.05) is 43.4 Å².